The average Bonchev–Trinajstić information content (AvgIpc) is 2.45. The molecule has 0 heterocycles. The summed E-state index contributed by atoms with van der Waals surface area (Å²) in [5.74, 6) is -0.185. The van der Waals surface area contributed by atoms with Gasteiger partial charge in [-0.15, -0.1) is 0 Å². The van der Waals surface area contributed by atoms with E-state index in [9.17, 15) is 4.39 Å². The maximum Gasteiger partial charge on any atom is 0.146 e. The Bertz CT molecular complexity index is 610. The normalized spacial score (nSPS) is 12.2. The van der Waals surface area contributed by atoms with Crippen LogP contribution in [-0.4, -0.2) is 20.6 Å². The van der Waals surface area contributed by atoms with E-state index >= 15 is 0 Å². The SMILES string of the molecule is CNC(CN(C)c1ccccc1F)c1ccc(C)cc1C. The quantitative estimate of drug-likeness (QED) is 0.898. The van der Waals surface area contributed by atoms with Crippen molar-refractivity contribution in [1.82, 2.24) is 5.32 Å². The zero-order valence-electron chi connectivity index (χ0n) is 13.2. The molecule has 0 bridgehead atoms. The number of likely N-dealkylation sites (N-methyl/N-ethyl adjacent to an activating group) is 2. The first-order chi connectivity index (χ1) is 10.0. The fourth-order valence-electron chi connectivity index (χ4n) is 2.70. The summed E-state index contributed by atoms with van der Waals surface area (Å²) >= 11 is 0. The second-order valence-corrected chi connectivity index (χ2v) is 5.53. The maximum absolute atomic E-state index is 13.9. The van der Waals surface area contributed by atoms with Crippen LogP contribution < -0.4 is 10.2 Å². The lowest BCUT2D eigenvalue weighted by Crippen LogP contribution is -2.32. The van der Waals surface area contributed by atoms with Gasteiger partial charge in [-0.05, 0) is 44.2 Å². The largest absolute Gasteiger partial charge is 0.370 e. The van der Waals surface area contributed by atoms with Crippen molar-refractivity contribution in [1.29, 1.82) is 0 Å². The molecule has 0 fully saturated rings. The fraction of sp³-hybridized carbons (Fsp3) is 0.333. The topological polar surface area (TPSA) is 15.3 Å². The molecule has 21 heavy (non-hydrogen) atoms. The van der Waals surface area contributed by atoms with Gasteiger partial charge in [0.15, 0.2) is 0 Å². The molecule has 0 aliphatic carbocycles. The predicted molar refractivity (Wildman–Crippen MR) is 87.4 cm³/mol. The number of nitrogens with zero attached hydrogens (tertiary/aromatic N) is 1. The molecule has 0 aromatic heterocycles. The van der Waals surface area contributed by atoms with Crippen molar-refractivity contribution in [3.8, 4) is 0 Å². The van der Waals surface area contributed by atoms with Crippen molar-refractivity contribution in [3.05, 3.63) is 65.0 Å². The third-order valence-electron chi connectivity index (χ3n) is 3.87. The minimum Gasteiger partial charge on any atom is -0.370 e. The molecule has 112 valence electrons. The van der Waals surface area contributed by atoms with Crippen LogP contribution >= 0.6 is 0 Å². The monoisotopic (exact) mass is 286 g/mol. The van der Waals surface area contributed by atoms with Crippen LogP contribution in [-0.2, 0) is 0 Å². The Morgan fingerprint density at radius 3 is 2.48 bits per heavy atom. The summed E-state index contributed by atoms with van der Waals surface area (Å²) in [6, 6.07) is 13.5. The second kappa shape index (κ2) is 6.72. The lowest BCUT2D eigenvalue weighted by Gasteiger charge is -2.27. The minimum absolute atomic E-state index is 0.162. The summed E-state index contributed by atoms with van der Waals surface area (Å²) in [6.45, 7) is 4.92. The maximum atomic E-state index is 13.9. The molecule has 3 heteroatoms. The highest BCUT2D eigenvalue weighted by Gasteiger charge is 2.16. The van der Waals surface area contributed by atoms with Gasteiger partial charge < -0.3 is 10.2 Å². The number of benzene rings is 2. The predicted octanol–water partition coefficient (Wildman–Crippen LogP) is 3.84. The van der Waals surface area contributed by atoms with E-state index in [0.717, 1.165) is 0 Å². The summed E-state index contributed by atoms with van der Waals surface area (Å²) in [6.07, 6.45) is 0. The number of aryl methyl sites for hydroxylation is 2. The molecular formula is C18H23FN2. The number of hydrogen-bond acceptors (Lipinski definition) is 2. The first kappa shape index (κ1) is 15.5. The van der Waals surface area contributed by atoms with E-state index in [1.54, 1.807) is 6.07 Å². The third-order valence-corrected chi connectivity index (χ3v) is 3.87. The first-order valence-electron chi connectivity index (χ1n) is 7.23. The van der Waals surface area contributed by atoms with Crippen LogP contribution in [0, 0.1) is 19.7 Å². The van der Waals surface area contributed by atoms with Crippen LogP contribution in [0.25, 0.3) is 0 Å². The zero-order valence-corrected chi connectivity index (χ0v) is 13.2. The number of anilines is 1. The minimum atomic E-state index is -0.185. The Labute approximate surface area is 126 Å². The van der Waals surface area contributed by atoms with Crippen molar-refractivity contribution >= 4 is 5.69 Å². The molecule has 1 N–H and O–H groups in total. The standard InChI is InChI=1S/C18H23FN2/c1-13-9-10-15(14(2)11-13)17(20-3)12-21(4)18-8-6-5-7-16(18)19/h5-11,17,20H,12H2,1-4H3. The molecule has 2 aromatic rings. The molecule has 0 saturated carbocycles. The molecule has 2 nitrogen and oxygen atoms in total. The molecule has 1 atom stereocenters. The van der Waals surface area contributed by atoms with Gasteiger partial charge in [0, 0.05) is 19.6 Å². The molecule has 2 aromatic carbocycles. The number of rotatable bonds is 5. The van der Waals surface area contributed by atoms with E-state index in [4.69, 9.17) is 0 Å². The number of nitrogens with one attached hydrogen (secondary N) is 1. The third kappa shape index (κ3) is 3.61. The van der Waals surface area contributed by atoms with Crippen LogP contribution in [0.2, 0.25) is 0 Å². The molecular weight excluding hydrogens is 263 g/mol. The van der Waals surface area contributed by atoms with Crippen molar-refractivity contribution < 1.29 is 4.39 Å². The summed E-state index contributed by atoms with van der Waals surface area (Å²) in [5.41, 5.74) is 4.40. The second-order valence-electron chi connectivity index (χ2n) is 5.53. The van der Waals surface area contributed by atoms with Crippen molar-refractivity contribution in [2.45, 2.75) is 19.9 Å². The van der Waals surface area contributed by atoms with Gasteiger partial charge in [-0.2, -0.15) is 0 Å². The number of halogens is 1. The highest BCUT2D eigenvalue weighted by Crippen LogP contribution is 2.23. The lowest BCUT2D eigenvalue weighted by molar-refractivity contribution is 0.573. The number of para-hydroxylation sites is 1. The van der Waals surface area contributed by atoms with Crippen LogP contribution in [0.4, 0.5) is 10.1 Å². The van der Waals surface area contributed by atoms with Gasteiger partial charge in [0.05, 0.1) is 5.69 Å². The Morgan fingerprint density at radius 2 is 1.86 bits per heavy atom. The van der Waals surface area contributed by atoms with Gasteiger partial charge in [-0.25, -0.2) is 4.39 Å². The zero-order chi connectivity index (χ0) is 15.4. The number of hydrogen-bond donors (Lipinski definition) is 1. The first-order valence-corrected chi connectivity index (χ1v) is 7.23. The van der Waals surface area contributed by atoms with E-state index in [1.807, 2.05) is 31.1 Å². The Morgan fingerprint density at radius 1 is 1.14 bits per heavy atom. The van der Waals surface area contributed by atoms with Gasteiger partial charge >= 0.3 is 0 Å². The highest BCUT2D eigenvalue weighted by molar-refractivity contribution is 5.47. The van der Waals surface area contributed by atoms with E-state index < -0.39 is 0 Å². The van der Waals surface area contributed by atoms with Crippen LogP contribution in [0.15, 0.2) is 42.5 Å². The van der Waals surface area contributed by atoms with E-state index in [1.165, 1.54) is 22.8 Å². The van der Waals surface area contributed by atoms with Crippen molar-refractivity contribution in [2.75, 3.05) is 25.5 Å². The Balaban J connectivity index is 2.21. The molecule has 0 amide bonds. The van der Waals surface area contributed by atoms with Crippen LogP contribution in [0.5, 0.6) is 0 Å². The molecule has 0 aliphatic rings. The van der Waals surface area contributed by atoms with Crippen LogP contribution in [0.1, 0.15) is 22.7 Å². The molecule has 0 saturated heterocycles. The van der Waals surface area contributed by atoms with E-state index in [2.05, 4.69) is 37.4 Å². The molecule has 0 aliphatic heterocycles. The highest BCUT2D eigenvalue weighted by atomic mass is 19.1. The lowest BCUT2D eigenvalue weighted by atomic mass is 9.99. The van der Waals surface area contributed by atoms with Gasteiger partial charge in [0.25, 0.3) is 0 Å². The summed E-state index contributed by atoms with van der Waals surface area (Å²) < 4.78 is 13.9. The average molecular weight is 286 g/mol. The van der Waals surface area contributed by atoms with E-state index in [0.29, 0.717) is 12.2 Å². The van der Waals surface area contributed by atoms with Crippen molar-refractivity contribution in [3.63, 3.8) is 0 Å². The summed E-state index contributed by atoms with van der Waals surface area (Å²) in [7, 11) is 3.87. The van der Waals surface area contributed by atoms with Gasteiger partial charge in [0.2, 0.25) is 0 Å². The molecule has 1 unspecified atom stereocenters. The van der Waals surface area contributed by atoms with Gasteiger partial charge in [0.1, 0.15) is 5.82 Å². The van der Waals surface area contributed by atoms with Gasteiger partial charge in [-0.3, -0.25) is 0 Å². The fourth-order valence-corrected chi connectivity index (χ4v) is 2.70. The molecule has 0 radical (unpaired) electrons. The van der Waals surface area contributed by atoms with Gasteiger partial charge in [-0.1, -0.05) is 35.9 Å². The van der Waals surface area contributed by atoms with Crippen molar-refractivity contribution in [2.24, 2.45) is 0 Å². The Kier molecular flexibility index (Phi) is 4.97. The van der Waals surface area contributed by atoms with E-state index in [-0.39, 0.29) is 11.9 Å². The summed E-state index contributed by atoms with van der Waals surface area (Å²) in [4.78, 5) is 1.95. The molecule has 0 spiro atoms. The summed E-state index contributed by atoms with van der Waals surface area (Å²) in [5, 5.41) is 3.33. The smallest absolute Gasteiger partial charge is 0.146 e. The Hall–Kier alpha value is -1.87. The molecule has 2 rings (SSSR count). The van der Waals surface area contributed by atoms with Crippen LogP contribution in [0.3, 0.4) is 0 Å².